The van der Waals surface area contributed by atoms with Crippen LogP contribution in [0.5, 0.6) is 0 Å². The third-order valence-corrected chi connectivity index (χ3v) is 11.9. The van der Waals surface area contributed by atoms with E-state index < -0.39 is 5.97 Å². The molecule has 6 heteroatoms. The molecule has 0 saturated carbocycles. The van der Waals surface area contributed by atoms with Crippen LogP contribution in [0.2, 0.25) is 0 Å². The summed E-state index contributed by atoms with van der Waals surface area (Å²) in [7, 11) is 0. The third kappa shape index (κ3) is 4.74. The molecule has 0 fully saturated rings. The molecule has 0 amide bonds. The highest BCUT2D eigenvalue weighted by Gasteiger charge is 2.43. The summed E-state index contributed by atoms with van der Waals surface area (Å²) in [6.45, 7) is 4.66. The second-order valence-corrected chi connectivity index (χ2v) is 14.8. The number of thiophene rings is 2. The lowest BCUT2D eigenvalue weighted by atomic mass is 9.82. The van der Waals surface area contributed by atoms with Gasteiger partial charge in [-0.3, -0.25) is 0 Å². The van der Waals surface area contributed by atoms with Crippen molar-refractivity contribution in [3.8, 4) is 27.0 Å². The van der Waals surface area contributed by atoms with Crippen molar-refractivity contribution in [2.45, 2.75) is 31.2 Å². The number of carboxylic acid groups (broad SMARTS) is 1. The second kappa shape index (κ2) is 11.2. The van der Waals surface area contributed by atoms with Crippen molar-refractivity contribution in [3.63, 3.8) is 0 Å². The van der Waals surface area contributed by atoms with Crippen LogP contribution in [0.25, 0.3) is 27.0 Å². The minimum atomic E-state index is -1.21. The van der Waals surface area contributed by atoms with Crippen LogP contribution in [0.3, 0.4) is 0 Å². The first-order valence-electron chi connectivity index (χ1n) is 15.6. The molecular weight excluding hydrogens is 617 g/mol. The van der Waals surface area contributed by atoms with Gasteiger partial charge in [-0.25, -0.2) is 4.79 Å². The van der Waals surface area contributed by atoms with Crippen molar-refractivity contribution >= 4 is 46.1 Å². The van der Waals surface area contributed by atoms with Gasteiger partial charge in [0.25, 0.3) is 0 Å². The van der Waals surface area contributed by atoms with Gasteiger partial charge in [-0.15, -0.1) is 22.7 Å². The van der Waals surface area contributed by atoms with Crippen molar-refractivity contribution in [1.82, 2.24) is 0 Å². The Labute approximate surface area is 282 Å². The molecule has 47 heavy (non-hydrogen) atoms. The first-order chi connectivity index (χ1) is 22.8. The minimum absolute atomic E-state index is 0.0422. The molecule has 8 rings (SSSR count). The number of fused-ring (bicyclic) bond motifs is 4. The lowest BCUT2D eigenvalue weighted by Gasteiger charge is -2.32. The summed E-state index contributed by atoms with van der Waals surface area (Å²) in [6.07, 6.45) is 1.44. The number of benzene rings is 4. The fourth-order valence-electron chi connectivity index (χ4n) is 7.38. The Bertz CT molecular complexity index is 2250. The van der Waals surface area contributed by atoms with Crippen molar-refractivity contribution in [2.24, 2.45) is 0 Å². The highest BCUT2D eigenvalue weighted by atomic mass is 32.1. The van der Waals surface area contributed by atoms with E-state index in [0.29, 0.717) is 0 Å². The van der Waals surface area contributed by atoms with Crippen LogP contribution in [0.15, 0.2) is 127 Å². The average molecular weight is 647 g/mol. The predicted molar refractivity (Wildman–Crippen MR) is 192 cm³/mol. The van der Waals surface area contributed by atoms with E-state index in [4.69, 9.17) is 0 Å². The number of para-hydroxylation sites is 1. The van der Waals surface area contributed by atoms with Crippen LogP contribution >= 0.6 is 22.7 Å². The van der Waals surface area contributed by atoms with Gasteiger partial charge in [0.1, 0.15) is 11.6 Å². The van der Waals surface area contributed by atoms with Crippen LogP contribution in [0, 0.1) is 11.3 Å². The molecule has 1 aliphatic heterocycles. The molecule has 1 aliphatic carbocycles. The van der Waals surface area contributed by atoms with E-state index in [9.17, 15) is 15.2 Å². The Morgan fingerprint density at radius 2 is 1.51 bits per heavy atom. The van der Waals surface area contributed by atoms with E-state index >= 15 is 0 Å². The zero-order chi connectivity index (χ0) is 32.3. The van der Waals surface area contributed by atoms with E-state index in [1.54, 1.807) is 17.4 Å². The normalized spacial score (nSPS) is 17.6. The number of nitriles is 1. The summed E-state index contributed by atoms with van der Waals surface area (Å²) in [5.41, 5.74) is 9.96. The van der Waals surface area contributed by atoms with Crippen LogP contribution in [-0.4, -0.2) is 11.1 Å². The summed E-state index contributed by atoms with van der Waals surface area (Å²) in [5, 5.41) is 18.5. The number of carbonyl (C=O) groups is 1. The Kier molecular flexibility index (Phi) is 6.98. The smallest absolute Gasteiger partial charge is 0.346 e. The van der Waals surface area contributed by atoms with Gasteiger partial charge in [0, 0.05) is 42.2 Å². The minimum Gasteiger partial charge on any atom is -0.477 e. The van der Waals surface area contributed by atoms with E-state index in [0.717, 1.165) is 14.6 Å². The van der Waals surface area contributed by atoms with Crippen LogP contribution in [0.1, 0.15) is 57.8 Å². The maximum Gasteiger partial charge on any atom is 0.346 e. The monoisotopic (exact) mass is 646 g/mol. The summed E-state index contributed by atoms with van der Waals surface area (Å²) in [4.78, 5) is 18.1. The lowest BCUT2D eigenvalue weighted by Crippen LogP contribution is -2.23. The molecule has 0 radical (unpaired) electrons. The third-order valence-electron chi connectivity index (χ3n) is 9.55. The zero-order valence-electron chi connectivity index (χ0n) is 25.8. The van der Waals surface area contributed by atoms with Crippen LogP contribution in [0.4, 0.5) is 11.4 Å². The predicted octanol–water partition coefficient (Wildman–Crippen LogP) is 10.8. The number of carboxylic acids is 1. The maximum absolute atomic E-state index is 11.4. The van der Waals surface area contributed by atoms with Gasteiger partial charge in [-0.1, -0.05) is 92.7 Å². The maximum atomic E-state index is 11.4. The topological polar surface area (TPSA) is 64.3 Å². The number of nitrogens with zero attached hydrogens (tertiary/aromatic N) is 2. The molecule has 6 aromatic rings. The number of hydrogen-bond acceptors (Lipinski definition) is 5. The average Bonchev–Trinajstić information content (AvgIpc) is 3.87. The molecule has 2 aromatic heterocycles. The van der Waals surface area contributed by atoms with Gasteiger partial charge in [0.15, 0.2) is 0 Å². The van der Waals surface area contributed by atoms with Gasteiger partial charge in [-0.05, 0) is 81.9 Å². The number of anilines is 2. The molecule has 4 aromatic carbocycles. The highest BCUT2D eigenvalue weighted by Crippen LogP contribution is 2.58. The first kappa shape index (κ1) is 29.2. The van der Waals surface area contributed by atoms with E-state index in [1.165, 1.54) is 67.0 Å². The molecule has 0 bridgehead atoms. The van der Waals surface area contributed by atoms with Gasteiger partial charge >= 0.3 is 5.97 Å². The van der Waals surface area contributed by atoms with E-state index in [1.807, 2.05) is 12.1 Å². The quantitative estimate of drug-likeness (QED) is 0.144. The molecule has 228 valence electrons. The summed E-state index contributed by atoms with van der Waals surface area (Å²) < 4.78 is 0. The number of rotatable bonds is 6. The molecule has 2 unspecified atom stereocenters. The van der Waals surface area contributed by atoms with E-state index in [2.05, 4.69) is 128 Å². The molecule has 1 N–H and O–H groups in total. The molecule has 2 atom stereocenters. The van der Waals surface area contributed by atoms with E-state index in [-0.39, 0.29) is 22.9 Å². The SMILES string of the molecule is CC1(C)c2ccccc2-c2ccc(N3c4ccccc4C(c4ccc(-c5ccc(/C=C(\C#N)C(=O)O)s5)s4)C3c3ccccc3)cc21. The van der Waals surface area contributed by atoms with Crippen molar-refractivity contribution in [2.75, 3.05) is 4.90 Å². The van der Waals surface area contributed by atoms with Gasteiger partial charge in [-0.2, -0.15) is 5.26 Å². The Morgan fingerprint density at radius 1 is 0.809 bits per heavy atom. The molecule has 2 aliphatic rings. The highest BCUT2D eigenvalue weighted by molar-refractivity contribution is 7.22. The van der Waals surface area contributed by atoms with Crippen LogP contribution < -0.4 is 4.90 Å². The Hall–Kier alpha value is -5.22. The lowest BCUT2D eigenvalue weighted by molar-refractivity contribution is -0.132. The molecule has 0 spiro atoms. The second-order valence-electron chi connectivity index (χ2n) is 12.5. The Morgan fingerprint density at radius 3 is 2.32 bits per heavy atom. The standard InChI is InChI=1S/C41H30N2O2S2/c1-41(2)32-14-8-6-12-29(32)30-18-16-27(23-33(30)41)43-34-15-9-7-13-31(34)38(39(43)25-10-4-3-5-11-25)37-21-20-36(47-37)35-19-17-28(46-35)22-26(24-42)40(44)45/h3-23,38-39H,1-2H3,(H,44,45)/b26-22+. The largest absolute Gasteiger partial charge is 0.477 e. The summed E-state index contributed by atoms with van der Waals surface area (Å²) >= 11 is 3.28. The first-order valence-corrected chi connectivity index (χ1v) is 17.2. The molecular formula is C41H30N2O2S2. The zero-order valence-corrected chi connectivity index (χ0v) is 27.5. The van der Waals surface area contributed by atoms with Gasteiger partial charge < -0.3 is 10.0 Å². The number of aliphatic carboxylic acids is 1. The fraction of sp³-hybridized carbons (Fsp3) is 0.122. The number of hydrogen-bond donors (Lipinski definition) is 1. The molecule has 0 saturated heterocycles. The van der Waals surface area contributed by atoms with Crippen molar-refractivity contribution in [3.05, 3.63) is 159 Å². The Balaban J connectivity index is 1.24. The van der Waals surface area contributed by atoms with Crippen LogP contribution in [-0.2, 0) is 10.2 Å². The fourth-order valence-corrected chi connectivity index (χ4v) is 9.58. The molecule has 4 nitrogen and oxygen atoms in total. The summed E-state index contributed by atoms with van der Waals surface area (Å²) in [5.74, 6) is -1.11. The molecule has 3 heterocycles. The van der Waals surface area contributed by atoms with Crippen molar-refractivity contribution < 1.29 is 9.90 Å². The summed E-state index contributed by atoms with van der Waals surface area (Å²) in [6, 6.07) is 45.5. The van der Waals surface area contributed by atoms with Gasteiger partial charge in [0.2, 0.25) is 0 Å². The van der Waals surface area contributed by atoms with Gasteiger partial charge in [0.05, 0.1) is 6.04 Å². The van der Waals surface area contributed by atoms with Crippen molar-refractivity contribution in [1.29, 1.82) is 5.26 Å².